The van der Waals surface area contributed by atoms with Gasteiger partial charge in [-0.2, -0.15) is 5.26 Å². The first-order chi connectivity index (χ1) is 13.1. The van der Waals surface area contributed by atoms with Crippen LogP contribution in [0.25, 0.3) is 16.8 Å². The summed E-state index contributed by atoms with van der Waals surface area (Å²) in [6.07, 6.45) is 1.48. The number of ether oxygens (including phenoxy) is 1. The van der Waals surface area contributed by atoms with Crippen molar-refractivity contribution in [3.05, 3.63) is 77.9 Å². The Hall–Kier alpha value is -3.91. The molecule has 0 fully saturated rings. The van der Waals surface area contributed by atoms with Gasteiger partial charge in [-0.1, -0.05) is 48.5 Å². The molecule has 5 nitrogen and oxygen atoms in total. The normalized spacial score (nSPS) is 10.9. The van der Waals surface area contributed by atoms with Gasteiger partial charge in [-0.15, -0.1) is 0 Å². The van der Waals surface area contributed by atoms with Crippen LogP contribution in [0, 0.1) is 11.3 Å². The summed E-state index contributed by atoms with van der Waals surface area (Å²) in [4.78, 5) is 23.5. The fourth-order valence-corrected chi connectivity index (χ4v) is 2.64. The second kappa shape index (κ2) is 7.98. The topological polar surface area (TPSA) is 79.2 Å². The summed E-state index contributed by atoms with van der Waals surface area (Å²) in [7, 11) is 0. The Morgan fingerprint density at radius 3 is 2.41 bits per heavy atom. The van der Waals surface area contributed by atoms with E-state index in [9.17, 15) is 14.9 Å². The molecule has 0 bridgehead atoms. The van der Waals surface area contributed by atoms with Crippen LogP contribution in [0.5, 0.6) is 5.75 Å². The Labute approximate surface area is 156 Å². The van der Waals surface area contributed by atoms with E-state index in [1.807, 2.05) is 42.5 Å². The zero-order valence-corrected chi connectivity index (χ0v) is 14.6. The first kappa shape index (κ1) is 17.9. The van der Waals surface area contributed by atoms with Gasteiger partial charge in [0.15, 0.2) is 0 Å². The number of amides is 1. The van der Waals surface area contributed by atoms with Crippen molar-refractivity contribution in [2.24, 2.45) is 0 Å². The number of nitrogens with zero attached hydrogens (tertiary/aromatic N) is 1. The standard InChI is InChI=1S/C22H16N2O3/c1-15(25)27-19-11-9-16(10-12-19)13-18(14-23)22(26)24-21-8-4-6-17-5-2-3-7-20(17)21/h2-13H,1H3,(H,24,26)/b18-13+. The average molecular weight is 356 g/mol. The van der Waals surface area contributed by atoms with E-state index in [1.165, 1.54) is 13.0 Å². The maximum Gasteiger partial charge on any atom is 0.308 e. The Morgan fingerprint density at radius 2 is 1.70 bits per heavy atom. The number of hydrogen-bond donors (Lipinski definition) is 1. The third-order valence-electron chi connectivity index (χ3n) is 3.86. The van der Waals surface area contributed by atoms with Gasteiger partial charge in [0.2, 0.25) is 0 Å². The molecule has 0 saturated heterocycles. The number of nitriles is 1. The van der Waals surface area contributed by atoms with Crippen LogP contribution >= 0.6 is 0 Å². The van der Waals surface area contributed by atoms with Gasteiger partial charge in [-0.05, 0) is 35.2 Å². The van der Waals surface area contributed by atoms with Gasteiger partial charge in [-0.3, -0.25) is 9.59 Å². The van der Waals surface area contributed by atoms with Gasteiger partial charge < -0.3 is 10.1 Å². The zero-order valence-electron chi connectivity index (χ0n) is 14.6. The van der Waals surface area contributed by atoms with E-state index < -0.39 is 11.9 Å². The highest BCUT2D eigenvalue weighted by Gasteiger charge is 2.11. The molecule has 0 radical (unpaired) electrons. The van der Waals surface area contributed by atoms with Crippen molar-refractivity contribution in [3.63, 3.8) is 0 Å². The van der Waals surface area contributed by atoms with Crippen molar-refractivity contribution in [2.75, 3.05) is 5.32 Å². The second-order valence-electron chi connectivity index (χ2n) is 5.81. The fourth-order valence-electron chi connectivity index (χ4n) is 2.64. The van der Waals surface area contributed by atoms with Crippen LogP contribution in [-0.4, -0.2) is 11.9 Å². The predicted octanol–water partition coefficient (Wildman–Crippen LogP) is 4.31. The summed E-state index contributed by atoms with van der Waals surface area (Å²) >= 11 is 0. The molecule has 0 spiro atoms. The molecule has 5 heteroatoms. The summed E-state index contributed by atoms with van der Waals surface area (Å²) in [5.74, 6) is -0.498. The Balaban J connectivity index is 1.82. The number of esters is 1. The van der Waals surface area contributed by atoms with Crippen molar-refractivity contribution in [2.45, 2.75) is 6.92 Å². The molecule has 3 aromatic carbocycles. The summed E-state index contributed by atoms with van der Waals surface area (Å²) in [6.45, 7) is 1.32. The van der Waals surface area contributed by atoms with Crippen LogP contribution in [0.2, 0.25) is 0 Å². The lowest BCUT2D eigenvalue weighted by atomic mass is 10.1. The lowest BCUT2D eigenvalue weighted by Crippen LogP contribution is -2.13. The number of nitrogens with one attached hydrogen (secondary N) is 1. The SMILES string of the molecule is CC(=O)Oc1ccc(/C=C(\C#N)C(=O)Nc2cccc3ccccc23)cc1. The molecular weight excluding hydrogens is 340 g/mol. The number of fused-ring (bicyclic) bond motifs is 1. The van der Waals surface area contributed by atoms with E-state index in [4.69, 9.17) is 4.74 Å². The number of benzene rings is 3. The molecule has 0 heterocycles. The van der Waals surface area contributed by atoms with E-state index in [-0.39, 0.29) is 5.57 Å². The number of hydrogen-bond acceptors (Lipinski definition) is 4. The maximum absolute atomic E-state index is 12.5. The highest BCUT2D eigenvalue weighted by atomic mass is 16.5. The molecule has 0 saturated carbocycles. The number of carbonyl (C=O) groups is 2. The molecule has 0 aliphatic heterocycles. The molecule has 27 heavy (non-hydrogen) atoms. The zero-order chi connectivity index (χ0) is 19.2. The minimum Gasteiger partial charge on any atom is -0.427 e. The summed E-state index contributed by atoms with van der Waals surface area (Å²) in [6, 6.07) is 21.8. The van der Waals surface area contributed by atoms with Crippen molar-refractivity contribution in [3.8, 4) is 11.8 Å². The lowest BCUT2D eigenvalue weighted by molar-refractivity contribution is -0.131. The van der Waals surface area contributed by atoms with Gasteiger partial charge in [0.25, 0.3) is 5.91 Å². The molecule has 0 aliphatic rings. The smallest absolute Gasteiger partial charge is 0.308 e. The van der Waals surface area contributed by atoms with E-state index in [0.29, 0.717) is 17.0 Å². The fraction of sp³-hybridized carbons (Fsp3) is 0.0455. The van der Waals surface area contributed by atoms with Crippen LogP contribution in [0.1, 0.15) is 12.5 Å². The Morgan fingerprint density at radius 1 is 1.00 bits per heavy atom. The highest BCUT2D eigenvalue weighted by molar-refractivity contribution is 6.12. The second-order valence-corrected chi connectivity index (χ2v) is 5.81. The Kier molecular flexibility index (Phi) is 5.29. The minimum absolute atomic E-state index is 0.0248. The van der Waals surface area contributed by atoms with Gasteiger partial charge in [-0.25, -0.2) is 0 Å². The molecule has 0 aliphatic carbocycles. The van der Waals surface area contributed by atoms with Crippen LogP contribution in [0.15, 0.2) is 72.3 Å². The van der Waals surface area contributed by atoms with E-state index >= 15 is 0 Å². The van der Waals surface area contributed by atoms with Crippen LogP contribution in [0.4, 0.5) is 5.69 Å². The van der Waals surface area contributed by atoms with E-state index in [0.717, 1.165) is 10.8 Å². The Bertz CT molecular complexity index is 1070. The van der Waals surface area contributed by atoms with Gasteiger partial charge in [0.1, 0.15) is 17.4 Å². The monoisotopic (exact) mass is 356 g/mol. The van der Waals surface area contributed by atoms with Crippen LogP contribution in [0.3, 0.4) is 0 Å². The molecule has 0 aromatic heterocycles. The van der Waals surface area contributed by atoms with Crippen molar-refractivity contribution in [1.29, 1.82) is 5.26 Å². The third-order valence-corrected chi connectivity index (χ3v) is 3.86. The molecule has 1 amide bonds. The van der Waals surface area contributed by atoms with E-state index in [1.54, 1.807) is 30.3 Å². The van der Waals surface area contributed by atoms with Crippen LogP contribution < -0.4 is 10.1 Å². The first-order valence-corrected chi connectivity index (χ1v) is 8.26. The average Bonchev–Trinajstić information content (AvgIpc) is 2.67. The number of carbonyl (C=O) groups excluding carboxylic acids is 2. The first-order valence-electron chi connectivity index (χ1n) is 8.26. The van der Waals surface area contributed by atoms with Gasteiger partial charge in [0, 0.05) is 18.0 Å². The van der Waals surface area contributed by atoms with Crippen molar-refractivity contribution >= 4 is 34.4 Å². The molecule has 132 valence electrons. The lowest BCUT2D eigenvalue weighted by Gasteiger charge is -2.08. The van der Waals surface area contributed by atoms with Crippen molar-refractivity contribution in [1.82, 2.24) is 0 Å². The summed E-state index contributed by atoms with van der Waals surface area (Å²) in [5, 5.41) is 14.1. The molecule has 0 atom stereocenters. The molecule has 1 N–H and O–H groups in total. The third kappa shape index (κ3) is 4.39. The quantitative estimate of drug-likeness (QED) is 0.327. The molecule has 3 aromatic rings. The van der Waals surface area contributed by atoms with Crippen molar-refractivity contribution < 1.29 is 14.3 Å². The largest absolute Gasteiger partial charge is 0.427 e. The minimum atomic E-state index is -0.488. The maximum atomic E-state index is 12.5. The number of anilines is 1. The summed E-state index contributed by atoms with van der Waals surface area (Å²) < 4.78 is 4.96. The summed E-state index contributed by atoms with van der Waals surface area (Å²) in [5.41, 5.74) is 1.27. The van der Waals surface area contributed by atoms with E-state index in [2.05, 4.69) is 5.32 Å². The molecule has 0 unspecified atom stereocenters. The van der Waals surface area contributed by atoms with Crippen LogP contribution in [-0.2, 0) is 9.59 Å². The molecular formula is C22H16N2O3. The molecule has 3 rings (SSSR count). The highest BCUT2D eigenvalue weighted by Crippen LogP contribution is 2.23. The van der Waals surface area contributed by atoms with Gasteiger partial charge >= 0.3 is 5.97 Å². The van der Waals surface area contributed by atoms with Gasteiger partial charge in [0.05, 0.1) is 0 Å². The number of rotatable bonds is 4. The predicted molar refractivity (Wildman–Crippen MR) is 104 cm³/mol.